The van der Waals surface area contributed by atoms with Crippen LogP contribution in [0.5, 0.6) is 11.5 Å². The van der Waals surface area contributed by atoms with E-state index in [-0.39, 0.29) is 41.3 Å². The van der Waals surface area contributed by atoms with E-state index in [4.69, 9.17) is 10.5 Å². The summed E-state index contributed by atoms with van der Waals surface area (Å²) in [6.07, 6.45) is 0. The highest BCUT2D eigenvalue weighted by molar-refractivity contribution is 5.98. The second kappa shape index (κ2) is 11.0. The average Bonchev–Trinajstić information content (AvgIpc) is 2.67. The summed E-state index contributed by atoms with van der Waals surface area (Å²) in [7, 11) is 0. The summed E-state index contributed by atoms with van der Waals surface area (Å²) in [5.41, 5.74) is 7.98. The molecule has 7 heteroatoms. The predicted molar refractivity (Wildman–Crippen MR) is 135 cm³/mol. The van der Waals surface area contributed by atoms with Gasteiger partial charge in [0.1, 0.15) is 11.5 Å². The van der Waals surface area contributed by atoms with Crippen LogP contribution < -0.4 is 15.8 Å². The molecule has 0 fully saturated rings. The molecule has 2 aromatic rings. The molecule has 2 rings (SSSR count). The van der Waals surface area contributed by atoms with Gasteiger partial charge in [0.25, 0.3) is 5.91 Å². The van der Waals surface area contributed by atoms with E-state index >= 15 is 0 Å². The largest absolute Gasteiger partial charge is 0.507 e. The maximum absolute atomic E-state index is 13.0. The molecule has 6 nitrogen and oxygen atoms in total. The number of primary amides is 1. The predicted octanol–water partition coefficient (Wildman–Crippen LogP) is 4.88. The lowest BCUT2D eigenvalue weighted by Crippen LogP contribution is -2.25. The third-order valence-corrected chi connectivity index (χ3v) is 5.30. The lowest BCUT2D eigenvalue weighted by atomic mass is 9.78. The molecule has 0 radical (unpaired) electrons. The standard InChI is InChI=1S/C26H36N2O4.ClH/c1-8-32-23-16(10-9-11-18(23)24(27)31)14-28-15-21(29)17-12-19(25(2,3)4)22(30)20(13-17)26(5,6)7;/h9-13,28,30H,8,14-15H2,1-7H3,(H2,27,31);1H. The van der Waals surface area contributed by atoms with Crippen LogP contribution in [-0.2, 0) is 17.4 Å². The van der Waals surface area contributed by atoms with Gasteiger partial charge in [-0.15, -0.1) is 12.4 Å². The molecule has 0 atom stereocenters. The van der Waals surface area contributed by atoms with Crippen molar-refractivity contribution in [1.29, 1.82) is 0 Å². The van der Waals surface area contributed by atoms with E-state index < -0.39 is 5.91 Å². The second-order valence-electron chi connectivity index (χ2n) is 10.0. The third-order valence-electron chi connectivity index (χ3n) is 5.30. The quantitative estimate of drug-likeness (QED) is 0.471. The first-order valence-electron chi connectivity index (χ1n) is 10.9. The molecule has 0 bridgehead atoms. The molecule has 182 valence electrons. The minimum Gasteiger partial charge on any atom is -0.507 e. The SMILES string of the molecule is CCOc1c(CNCC(=O)c2cc(C(C)(C)C)c(O)c(C(C)(C)C)c2)cccc1C(N)=O.Cl. The highest BCUT2D eigenvalue weighted by atomic mass is 35.5. The molecule has 0 saturated carbocycles. The minimum absolute atomic E-state index is 0. The molecule has 0 saturated heterocycles. The molecule has 0 aromatic heterocycles. The van der Waals surface area contributed by atoms with E-state index in [0.29, 0.717) is 30.0 Å². The summed E-state index contributed by atoms with van der Waals surface area (Å²) in [6.45, 7) is 14.8. The summed E-state index contributed by atoms with van der Waals surface area (Å²) in [4.78, 5) is 24.8. The highest BCUT2D eigenvalue weighted by Crippen LogP contribution is 2.39. The average molecular weight is 477 g/mol. The van der Waals surface area contributed by atoms with Crippen LogP contribution in [0.1, 0.15) is 85.9 Å². The molecule has 0 aliphatic rings. The summed E-state index contributed by atoms with van der Waals surface area (Å²) in [5.74, 6) is 0.0566. The van der Waals surface area contributed by atoms with Gasteiger partial charge in [-0.05, 0) is 36.0 Å². The Labute approximate surface area is 203 Å². The van der Waals surface area contributed by atoms with Crippen molar-refractivity contribution in [2.75, 3.05) is 13.2 Å². The van der Waals surface area contributed by atoms with Gasteiger partial charge in [0.2, 0.25) is 0 Å². The van der Waals surface area contributed by atoms with E-state index in [1.54, 1.807) is 24.3 Å². The molecule has 1 amide bonds. The van der Waals surface area contributed by atoms with Crippen LogP contribution in [0.15, 0.2) is 30.3 Å². The summed E-state index contributed by atoms with van der Waals surface area (Å²) in [5, 5.41) is 14.0. The van der Waals surface area contributed by atoms with Gasteiger partial charge in [-0.3, -0.25) is 9.59 Å². The fourth-order valence-corrected chi connectivity index (χ4v) is 3.58. The van der Waals surface area contributed by atoms with Gasteiger partial charge < -0.3 is 20.9 Å². The monoisotopic (exact) mass is 476 g/mol. The molecule has 0 aliphatic carbocycles. The second-order valence-corrected chi connectivity index (χ2v) is 10.0. The van der Waals surface area contributed by atoms with Crippen molar-refractivity contribution < 1.29 is 19.4 Å². The number of ketones is 1. The zero-order chi connectivity index (χ0) is 24.3. The van der Waals surface area contributed by atoms with E-state index in [1.807, 2.05) is 54.5 Å². The summed E-state index contributed by atoms with van der Waals surface area (Å²) < 4.78 is 5.64. The van der Waals surface area contributed by atoms with Gasteiger partial charge in [-0.1, -0.05) is 53.7 Å². The Morgan fingerprint density at radius 1 is 1.03 bits per heavy atom. The van der Waals surface area contributed by atoms with Crippen LogP contribution in [0.25, 0.3) is 0 Å². The van der Waals surface area contributed by atoms with Crippen LogP contribution in [0.3, 0.4) is 0 Å². The number of phenolic OH excluding ortho intramolecular Hbond substituents is 1. The molecule has 4 N–H and O–H groups in total. The number of aromatic hydroxyl groups is 1. The molecule has 0 spiro atoms. The van der Waals surface area contributed by atoms with Crippen LogP contribution in [0.2, 0.25) is 0 Å². The number of halogens is 1. The van der Waals surface area contributed by atoms with Crippen LogP contribution in [0, 0.1) is 0 Å². The topological polar surface area (TPSA) is 102 Å². The number of phenols is 1. The number of nitrogens with one attached hydrogen (secondary N) is 1. The number of hydrogen-bond donors (Lipinski definition) is 3. The number of amides is 1. The Bertz CT molecular complexity index is 969. The van der Waals surface area contributed by atoms with Crippen molar-refractivity contribution in [3.8, 4) is 11.5 Å². The molecule has 0 heterocycles. The number of para-hydroxylation sites is 1. The number of Topliss-reactive ketones (excluding diaryl/α,β-unsaturated/α-hetero) is 1. The van der Waals surface area contributed by atoms with Gasteiger partial charge in [-0.2, -0.15) is 0 Å². The van der Waals surface area contributed by atoms with E-state index in [2.05, 4.69) is 5.32 Å². The smallest absolute Gasteiger partial charge is 0.252 e. The molecule has 33 heavy (non-hydrogen) atoms. The molecule has 0 aliphatic heterocycles. The number of carbonyl (C=O) groups excluding carboxylic acids is 2. The Kier molecular flexibility index (Phi) is 9.52. The van der Waals surface area contributed by atoms with Crippen LogP contribution in [-0.4, -0.2) is 29.9 Å². The van der Waals surface area contributed by atoms with E-state index in [9.17, 15) is 14.7 Å². The first-order chi connectivity index (χ1) is 14.8. The summed E-state index contributed by atoms with van der Waals surface area (Å²) in [6, 6.07) is 8.78. The number of rotatable bonds is 8. The van der Waals surface area contributed by atoms with E-state index in [1.165, 1.54) is 0 Å². The van der Waals surface area contributed by atoms with Gasteiger partial charge >= 0.3 is 0 Å². The fraction of sp³-hybridized carbons (Fsp3) is 0.462. The number of carbonyl (C=O) groups is 2. The Morgan fingerprint density at radius 2 is 1.58 bits per heavy atom. The fourth-order valence-electron chi connectivity index (χ4n) is 3.58. The molecular weight excluding hydrogens is 440 g/mol. The maximum Gasteiger partial charge on any atom is 0.252 e. The van der Waals surface area contributed by atoms with Crippen LogP contribution >= 0.6 is 12.4 Å². The number of ether oxygens (including phenoxy) is 1. The maximum atomic E-state index is 13.0. The number of benzene rings is 2. The summed E-state index contributed by atoms with van der Waals surface area (Å²) >= 11 is 0. The molecular formula is C26H37ClN2O4. The van der Waals surface area contributed by atoms with Gasteiger partial charge in [0, 0.05) is 28.8 Å². The highest BCUT2D eigenvalue weighted by Gasteiger charge is 2.27. The van der Waals surface area contributed by atoms with Crippen molar-refractivity contribution in [3.05, 3.63) is 58.1 Å². The van der Waals surface area contributed by atoms with Crippen molar-refractivity contribution >= 4 is 24.1 Å². The van der Waals surface area contributed by atoms with Crippen molar-refractivity contribution in [2.45, 2.75) is 65.8 Å². The zero-order valence-electron chi connectivity index (χ0n) is 20.7. The lowest BCUT2D eigenvalue weighted by Gasteiger charge is -2.28. The van der Waals surface area contributed by atoms with Crippen molar-refractivity contribution in [2.24, 2.45) is 5.73 Å². The Balaban J connectivity index is 0.00000544. The Morgan fingerprint density at radius 3 is 2.03 bits per heavy atom. The van der Waals surface area contributed by atoms with Gasteiger partial charge in [-0.25, -0.2) is 0 Å². The number of hydrogen-bond acceptors (Lipinski definition) is 5. The normalized spacial score (nSPS) is 11.6. The zero-order valence-corrected chi connectivity index (χ0v) is 21.5. The van der Waals surface area contributed by atoms with Crippen LogP contribution in [0.4, 0.5) is 0 Å². The van der Waals surface area contributed by atoms with Crippen molar-refractivity contribution in [3.63, 3.8) is 0 Å². The minimum atomic E-state index is -0.556. The number of nitrogens with two attached hydrogens (primary N) is 1. The molecule has 0 unspecified atom stereocenters. The third kappa shape index (κ3) is 6.95. The molecule has 2 aromatic carbocycles. The Hall–Kier alpha value is -2.57. The van der Waals surface area contributed by atoms with Gasteiger partial charge in [0.15, 0.2) is 5.78 Å². The van der Waals surface area contributed by atoms with E-state index in [0.717, 1.165) is 16.7 Å². The first kappa shape index (κ1) is 28.5. The first-order valence-corrected chi connectivity index (χ1v) is 10.9. The van der Waals surface area contributed by atoms with Crippen molar-refractivity contribution in [1.82, 2.24) is 5.32 Å². The van der Waals surface area contributed by atoms with Gasteiger partial charge in [0.05, 0.1) is 18.7 Å². The lowest BCUT2D eigenvalue weighted by molar-refractivity contribution is 0.0983.